The molecule has 2 nitrogen and oxygen atoms in total. The summed E-state index contributed by atoms with van der Waals surface area (Å²) in [5.41, 5.74) is -0.119. The Morgan fingerprint density at radius 2 is 2.17 bits per heavy atom. The lowest BCUT2D eigenvalue weighted by atomic mass is 9.61. The maximum Gasteiger partial charge on any atom is 0.322 e. The van der Waals surface area contributed by atoms with E-state index in [9.17, 15) is 9.90 Å². The zero-order chi connectivity index (χ0) is 17.4. The van der Waals surface area contributed by atoms with E-state index >= 15 is 0 Å². The van der Waals surface area contributed by atoms with Crippen molar-refractivity contribution < 1.29 is 9.90 Å². The average Bonchev–Trinajstić information content (AvgIpc) is 3.19. The molecule has 0 aromatic heterocycles. The van der Waals surface area contributed by atoms with E-state index in [4.69, 9.17) is 29.6 Å². The number of halogens is 2. The molecule has 0 aromatic rings. The Morgan fingerprint density at radius 3 is 2.61 bits per heavy atom. The predicted octanol–water partition coefficient (Wildman–Crippen LogP) is 5.19. The van der Waals surface area contributed by atoms with Gasteiger partial charge in [0.15, 0.2) is 0 Å². The zero-order valence-electron chi connectivity index (χ0n) is 13.5. The summed E-state index contributed by atoms with van der Waals surface area (Å²) in [5, 5.41) is 9.49. The van der Waals surface area contributed by atoms with Crippen molar-refractivity contribution in [1.82, 2.24) is 0 Å². The summed E-state index contributed by atoms with van der Waals surface area (Å²) < 4.78 is 0.232. The lowest BCUT2D eigenvalue weighted by Gasteiger charge is -2.43. The molecule has 2 aliphatic carbocycles. The molecule has 0 spiro atoms. The van der Waals surface area contributed by atoms with Gasteiger partial charge >= 0.3 is 5.97 Å². The number of aliphatic carboxylic acids is 1. The highest BCUT2D eigenvalue weighted by atomic mass is 35.5. The standard InChI is InChI=1S/C19H22Cl2O2/c1-5-13(15-11-19(15,6-2)17(22)23)14-9-7-8-12(10-16(20)21)18(14,3)4/h2,5,8,10,13-15H,1,7,9,11H2,3-4H3,(H,22,23). The van der Waals surface area contributed by atoms with Crippen molar-refractivity contribution in [3.63, 3.8) is 0 Å². The van der Waals surface area contributed by atoms with Gasteiger partial charge in [-0.25, -0.2) is 0 Å². The molecule has 0 aliphatic heterocycles. The van der Waals surface area contributed by atoms with Crippen LogP contribution < -0.4 is 0 Å². The number of carbonyl (C=O) groups is 1. The van der Waals surface area contributed by atoms with Gasteiger partial charge in [-0.1, -0.05) is 55.1 Å². The lowest BCUT2D eigenvalue weighted by Crippen LogP contribution is -2.36. The Labute approximate surface area is 148 Å². The number of allylic oxidation sites excluding steroid dienone is 4. The topological polar surface area (TPSA) is 37.3 Å². The van der Waals surface area contributed by atoms with Crippen LogP contribution in [0, 0.1) is 40.9 Å². The molecule has 0 bridgehead atoms. The van der Waals surface area contributed by atoms with E-state index in [1.807, 2.05) is 6.08 Å². The molecule has 1 fully saturated rings. The largest absolute Gasteiger partial charge is 0.480 e. The second-order valence-electron chi connectivity index (χ2n) is 7.04. The van der Waals surface area contributed by atoms with Gasteiger partial charge < -0.3 is 5.11 Å². The minimum absolute atomic E-state index is 0.0541. The molecule has 0 radical (unpaired) electrons. The SMILES string of the molecule is C#CC1(C(=O)O)CC1C(C=C)C1CCC=C(C=C(Cl)Cl)C1(C)C. The van der Waals surface area contributed by atoms with Crippen LogP contribution in [0.5, 0.6) is 0 Å². The second kappa shape index (κ2) is 6.38. The molecule has 0 saturated heterocycles. The number of hydrogen-bond acceptors (Lipinski definition) is 1. The third-order valence-corrected chi connectivity index (χ3v) is 5.85. The van der Waals surface area contributed by atoms with Crippen LogP contribution in [0.1, 0.15) is 33.1 Å². The van der Waals surface area contributed by atoms with Crippen LogP contribution in [-0.4, -0.2) is 11.1 Å². The van der Waals surface area contributed by atoms with Crippen molar-refractivity contribution in [2.24, 2.45) is 28.6 Å². The maximum atomic E-state index is 11.6. The average molecular weight is 353 g/mol. The molecule has 0 aromatic carbocycles. The number of rotatable bonds is 5. The third-order valence-electron chi connectivity index (χ3n) is 5.63. The van der Waals surface area contributed by atoms with Gasteiger partial charge in [0.05, 0.1) is 0 Å². The summed E-state index contributed by atoms with van der Waals surface area (Å²) in [6.07, 6.45) is 13.7. The van der Waals surface area contributed by atoms with Gasteiger partial charge in [0, 0.05) is 0 Å². The number of carboxylic acid groups (broad SMARTS) is 1. The van der Waals surface area contributed by atoms with Crippen molar-refractivity contribution in [3.05, 3.63) is 34.9 Å². The van der Waals surface area contributed by atoms with Crippen molar-refractivity contribution in [3.8, 4) is 12.3 Å². The van der Waals surface area contributed by atoms with Crippen LogP contribution >= 0.6 is 23.2 Å². The van der Waals surface area contributed by atoms with Crippen molar-refractivity contribution in [2.75, 3.05) is 0 Å². The summed E-state index contributed by atoms with van der Waals surface area (Å²) in [5.74, 6) is 1.87. The van der Waals surface area contributed by atoms with Gasteiger partial charge in [-0.05, 0) is 54.1 Å². The normalized spacial score (nSPS) is 32.9. The van der Waals surface area contributed by atoms with Crippen LogP contribution in [0.4, 0.5) is 0 Å². The van der Waals surface area contributed by atoms with Gasteiger partial charge in [-0.3, -0.25) is 4.79 Å². The molecule has 1 saturated carbocycles. The molecule has 23 heavy (non-hydrogen) atoms. The Kier molecular flexibility index (Phi) is 5.04. The summed E-state index contributed by atoms with van der Waals surface area (Å²) in [6, 6.07) is 0. The zero-order valence-corrected chi connectivity index (χ0v) is 15.0. The molecule has 1 N–H and O–H groups in total. The first kappa shape index (κ1) is 18.2. The number of hydrogen-bond donors (Lipinski definition) is 1. The smallest absolute Gasteiger partial charge is 0.322 e. The fraction of sp³-hybridized carbons (Fsp3) is 0.526. The summed E-state index contributed by atoms with van der Waals surface area (Å²) >= 11 is 11.7. The highest BCUT2D eigenvalue weighted by Crippen LogP contribution is 2.62. The van der Waals surface area contributed by atoms with Gasteiger partial charge in [-0.15, -0.1) is 13.0 Å². The molecule has 0 amide bonds. The molecular formula is C19H22Cl2O2. The maximum absolute atomic E-state index is 11.6. The minimum Gasteiger partial charge on any atom is -0.480 e. The van der Waals surface area contributed by atoms with Gasteiger partial charge in [0.1, 0.15) is 9.91 Å². The Hall–Kier alpha value is -1.17. The number of carboxylic acids is 1. The molecule has 2 aliphatic rings. The van der Waals surface area contributed by atoms with E-state index in [0.717, 1.165) is 18.4 Å². The minimum atomic E-state index is -1.03. The van der Waals surface area contributed by atoms with Crippen molar-refractivity contribution in [2.45, 2.75) is 33.1 Å². The second-order valence-corrected chi connectivity index (χ2v) is 8.05. The molecule has 4 heteroatoms. The van der Waals surface area contributed by atoms with E-state index in [0.29, 0.717) is 6.42 Å². The van der Waals surface area contributed by atoms with E-state index in [2.05, 4.69) is 32.4 Å². The van der Waals surface area contributed by atoms with E-state index in [1.165, 1.54) is 0 Å². The van der Waals surface area contributed by atoms with Crippen LogP contribution in [0.3, 0.4) is 0 Å². The predicted molar refractivity (Wildman–Crippen MR) is 95.1 cm³/mol. The van der Waals surface area contributed by atoms with E-state index in [-0.39, 0.29) is 27.7 Å². The van der Waals surface area contributed by atoms with E-state index in [1.54, 1.807) is 6.08 Å². The quantitative estimate of drug-likeness (QED) is 0.545. The van der Waals surface area contributed by atoms with Crippen LogP contribution in [0.2, 0.25) is 0 Å². The summed E-state index contributed by atoms with van der Waals surface area (Å²) in [4.78, 5) is 11.6. The molecule has 4 atom stereocenters. The lowest BCUT2D eigenvalue weighted by molar-refractivity contribution is -0.141. The number of terminal acetylenes is 1. The fourth-order valence-corrected chi connectivity index (χ4v) is 4.36. The van der Waals surface area contributed by atoms with Crippen LogP contribution in [0.25, 0.3) is 0 Å². The Balaban J connectivity index is 2.32. The highest BCUT2D eigenvalue weighted by Gasteiger charge is 2.63. The third kappa shape index (κ3) is 3.10. The Bertz CT molecular complexity index is 620. The molecule has 2 rings (SSSR count). The van der Waals surface area contributed by atoms with E-state index < -0.39 is 11.4 Å². The molecule has 124 valence electrons. The summed E-state index contributed by atoms with van der Waals surface area (Å²) in [6.45, 7) is 8.25. The monoisotopic (exact) mass is 352 g/mol. The molecular weight excluding hydrogens is 331 g/mol. The van der Waals surface area contributed by atoms with Crippen LogP contribution in [-0.2, 0) is 4.79 Å². The Morgan fingerprint density at radius 1 is 1.52 bits per heavy atom. The first-order valence-electron chi connectivity index (χ1n) is 7.77. The first-order chi connectivity index (χ1) is 10.7. The van der Waals surface area contributed by atoms with Crippen molar-refractivity contribution in [1.29, 1.82) is 0 Å². The van der Waals surface area contributed by atoms with Crippen LogP contribution in [0.15, 0.2) is 34.9 Å². The van der Waals surface area contributed by atoms with Gasteiger partial charge in [-0.2, -0.15) is 0 Å². The van der Waals surface area contributed by atoms with Gasteiger partial charge in [0.25, 0.3) is 0 Å². The fourth-order valence-electron chi connectivity index (χ4n) is 4.13. The first-order valence-corrected chi connectivity index (χ1v) is 8.53. The summed E-state index contributed by atoms with van der Waals surface area (Å²) in [7, 11) is 0. The van der Waals surface area contributed by atoms with Gasteiger partial charge in [0.2, 0.25) is 0 Å². The molecule has 4 unspecified atom stereocenters. The molecule has 0 heterocycles. The highest BCUT2D eigenvalue weighted by molar-refractivity contribution is 6.56. The van der Waals surface area contributed by atoms with Crippen molar-refractivity contribution >= 4 is 29.2 Å².